The summed E-state index contributed by atoms with van der Waals surface area (Å²) < 4.78 is 0. The summed E-state index contributed by atoms with van der Waals surface area (Å²) in [5, 5.41) is 17.3. The molecule has 0 spiro atoms. The Bertz CT molecular complexity index is 345. The minimum Gasteiger partial charge on any atom is -0.478 e. The smallest absolute Gasteiger partial charge is 0.335 e. The topological polar surface area (TPSA) is 74.6 Å². The first-order valence-electron chi connectivity index (χ1n) is 3.84. The Morgan fingerprint density at radius 1 is 0.857 bits per heavy atom. The summed E-state index contributed by atoms with van der Waals surface area (Å²) in [4.78, 5) is 21.1. The molecule has 1 aliphatic rings. The lowest BCUT2D eigenvalue weighted by Gasteiger charge is -1.96. The number of carboxylic acid groups (broad SMARTS) is 2. The maximum atomic E-state index is 10.5. The highest BCUT2D eigenvalue weighted by Crippen LogP contribution is 2.06. The van der Waals surface area contributed by atoms with Crippen LogP contribution in [0.1, 0.15) is 0 Å². The maximum absolute atomic E-state index is 10.5. The van der Waals surface area contributed by atoms with Crippen molar-refractivity contribution in [3.8, 4) is 0 Å². The van der Waals surface area contributed by atoms with Crippen molar-refractivity contribution in [1.82, 2.24) is 0 Å². The Balaban J connectivity index is 2.94. The van der Waals surface area contributed by atoms with E-state index in [0.29, 0.717) is 0 Å². The quantitative estimate of drug-likeness (QED) is 0.687. The molecule has 0 fully saturated rings. The lowest BCUT2D eigenvalue weighted by molar-refractivity contribution is -0.133. The number of hydrogen-bond acceptors (Lipinski definition) is 2. The van der Waals surface area contributed by atoms with E-state index >= 15 is 0 Å². The van der Waals surface area contributed by atoms with E-state index in [1.807, 2.05) is 0 Å². The Morgan fingerprint density at radius 3 is 1.50 bits per heavy atom. The van der Waals surface area contributed by atoms with Crippen LogP contribution in [0, 0.1) is 0 Å². The summed E-state index contributed by atoms with van der Waals surface area (Å²) >= 11 is 0. The Labute approximate surface area is 80.2 Å². The molecule has 0 radical (unpaired) electrons. The summed E-state index contributed by atoms with van der Waals surface area (Å²) in [6, 6.07) is 0. The fraction of sp³-hybridized carbons (Fsp3) is 0. The second kappa shape index (κ2) is 4.23. The van der Waals surface area contributed by atoms with Gasteiger partial charge in [0.25, 0.3) is 0 Å². The number of hydrogen-bond donors (Lipinski definition) is 2. The van der Waals surface area contributed by atoms with Gasteiger partial charge >= 0.3 is 11.9 Å². The van der Waals surface area contributed by atoms with Crippen molar-refractivity contribution in [3.05, 3.63) is 47.6 Å². The van der Waals surface area contributed by atoms with Gasteiger partial charge in [-0.15, -0.1) is 0 Å². The van der Waals surface area contributed by atoms with Gasteiger partial charge in [-0.3, -0.25) is 0 Å². The van der Waals surface area contributed by atoms with Crippen molar-refractivity contribution in [1.29, 1.82) is 0 Å². The zero-order chi connectivity index (χ0) is 10.6. The van der Waals surface area contributed by atoms with Gasteiger partial charge in [0.2, 0.25) is 0 Å². The lowest BCUT2D eigenvalue weighted by atomic mass is 10.1. The highest BCUT2D eigenvalue weighted by molar-refractivity contribution is 5.92. The maximum Gasteiger partial charge on any atom is 0.335 e. The van der Waals surface area contributed by atoms with Gasteiger partial charge in [-0.1, -0.05) is 12.2 Å². The predicted molar refractivity (Wildman–Crippen MR) is 49.7 cm³/mol. The Morgan fingerprint density at radius 2 is 1.21 bits per heavy atom. The van der Waals surface area contributed by atoms with Gasteiger partial charge in [0.15, 0.2) is 0 Å². The molecule has 4 heteroatoms. The van der Waals surface area contributed by atoms with E-state index in [1.54, 1.807) is 0 Å². The molecule has 0 heterocycles. The highest BCUT2D eigenvalue weighted by atomic mass is 16.4. The number of carbonyl (C=O) groups is 2. The van der Waals surface area contributed by atoms with Crippen LogP contribution in [0.25, 0.3) is 0 Å². The minimum atomic E-state index is -1.04. The molecule has 2 N–H and O–H groups in total. The van der Waals surface area contributed by atoms with E-state index in [0.717, 1.165) is 0 Å². The third kappa shape index (κ3) is 2.45. The van der Waals surface area contributed by atoms with Crippen LogP contribution in [-0.2, 0) is 9.59 Å². The monoisotopic (exact) mass is 192 g/mol. The first-order valence-corrected chi connectivity index (χ1v) is 3.84. The molecule has 14 heavy (non-hydrogen) atoms. The second-order valence-corrected chi connectivity index (χ2v) is 2.57. The van der Waals surface area contributed by atoms with Crippen molar-refractivity contribution in [2.75, 3.05) is 0 Å². The molecule has 0 amide bonds. The zero-order valence-corrected chi connectivity index (χ0v) is 7.18. The van der Waals surface area contributed by atoms with E-state index in [-0.39, 0.29) is 11.1 Å². The summed E-state index contributed by atoms with van der Waals surface area (Å²) in [6.45, 7) is 0. The van der Waals surface area contributed by atoms with Crippen LogP contribution >= 0.6 is 0 Å². The highest BCUT2D eigenvalue weighted by Gasteiger charge is 2.05. The average molecular weight is 192 g/mol. The van der Waals surface area contributed by atoms with Crippen molar-refractivity contribution < 1.29 is 19.8 Å². The third-order valence-corrected chi connectivity index (χ3v) is 1.60. The summed E-state index contributed by atoms with van der Waals surface area (Å²) in [6.07, 6.45) is 8.16. The molecule has 1 aliphatic carbocycles. The standard InChI is InChI=1S/C10H8O4/c11-9(12)7-3-1-4-8(10(13)14)6-2-5-7/h1-6H,(H,11,12)(H,13,14). The van der Waals surface area contributed by atoms with Crippen molar-refractivity contribution >= 4 is 11.9 Å². The minimum absolute atomic E-state index is 0.113. The van der Waals surface area contributed by atoms with Gasteiger partial charge < -0.3 is 10.2 Å². The van der Waals surface area contributed by atoms with Crippen LogP contribution in [-0.4, -0.2) is 22.2 Å². The molecule has 0 aromatic heterocycles. The fourth-order valence-corrected chi connectivity index (χ4v) is 0.907. The van der Waals surface area contributed by atoms with Crippen LogP contribution in [0.4, 0.5) is 0 Å². The molecule has 0 aliphatic heterocycles. The summed E-state index contributed by atoms with van der Waals surface area (Å²) in [5.41, 5.74) is 0.226. The molecule has 0 saturated carbocycles. The van der Waals surface area contributed by atoms with E-state index < -0.39 is 11.9 Å². The van der Waals surface area contributed by atoms with Gasteiger partial charge in [-0.25, -0.2) is 9.59 Å². The van der Waals surface area contributed by atoms with Crippen LogP contribution < -0.4 is 0 Å². The molecule has 0 unspecified atom stereocenters. The van der Waals surface area contributed by atoms with Gasteiger partial charge in [0.1, 0.15) is 0 Å². The van der Waals surface area contributed by atoms with Crippen molar-refractivity contribution in [3.63, 3.8) is 0 Å². The molecule has 0 atom stereocenters. The molecular formula is C10H8O4. The normalized spacial score (nSPS) is 15.1. The number of carboxylic acids is 2. The van der Waals surface area contributed by atoms with E-state index in [2.05, 4.69) is 0 Å². The molecule has 0 aromatic carbocycles. The molecule has 1 rings (SSSR count). The fourth-order valence-electron chi connectivity index (χ4n) is 0.907. The van der Waals surface area contributed by atoms with Crippen LogP contribution in [0.15, 0.2) is 47.6 Å². The summed E-state index contributed by atoms with van der Waals surface area (Å²) in [5.74, 6) is -2.09. The molecular weight excluding hydrogens is 184 g/mol. The first kappa shape index (κ1) is 9.98. The van der Waals surface area contributed by atoms with Crippen LogP contribution in [0.2, 0.25) is 0 Å². The Hall–Kier alpha value is -2.10. The zero-order valence-electron chi connectivity index (χ0n) is 7.18. The van der Waals surface area contributed by atoms with E-state index in [9.17, 15) is 9.59 Å². The lowest BCUT2D eigenvalue weighted by Crippen LogP contribution is -2.00. The molecule has 0 aromatic rings. The molecule has 4 nitrogen and oxygen atoms in total. The Kier molecular flexibility index (Phi) is 3.01. The van der Waals surface area contributed by atoms with Crippen molar-refractivity contribution in [2.45, 2.75) is 0 Å². The SMILES string of the molecule is O=C(O)C1=CC=CC(C(=O)O)=CC=C1. The van der Waals surface area contributed by atoms with Crippen molar-refractivity contribution in [2.24, 2.45) is 0 Å². The predicted octanol–water partition coefficient (Wildman–Crippen LogP) is 1.13. The van der Waals surface area contributed by atoms with Gasteiger partial charge in [-0.05, 0) is 24.3 Å². The number of aliphatic carboxylic acids is 2. The van der Waals surface area contributed by atoms with Gasteiger partial charge in [0, 0.05) is 0 Å². The number of rotatable bonds is 2. The van der Waals surface area contributed by atoms with E-state index in [1.165, 1.54) is 36.5 Å². The first-order chi connectivity index (χ1) is 6.61. The number of allylic oxidation sites excluding steroid dienone is 4. The molecule has 0 bridgehead atoms. The molecule has 72 valence electrons. The second-order valence-electron chi connectivity index (χ2n) is 2.57. The molecule has 0 saturated heterocycles. The van der Waals surface area contributed by atoms with Gasteiger partial charge in [-0.2, -0.15) is 0 Å². The van der Waals surface area contributed by atoms with Crippen LogP contribution in [0.3, 0.4) is 0 Å². The third-order valence-electron chi connectivity index (χ3n) is 1.60. The summed E-state index contributed by atoms with van der Waals surface area (Å²) in [7, 11) is 0. The average Bonchev–Trinajstić information content (AvgIpc) is 2.01. The largest absolute Gasteiger partial charge is 0.478 e. The van der Waals surface area contributed by atoms with Gasteiger partial charge in [0.05, 0.1) is 11.1 Å². The van der Waals surface area contributed by atoms with E-state index in [4.69, 9.17) is 10.2 Å². The van der Waals surface area contributed by atoms with Crippen LogP contribution in [0.5, 0.6) is 0 Å².